The average molecular weight is 161 g/mol. The summed E-state index contributed by atoms with van der Waals surface area (Å²) in [6.07, 6.45) is 0. The molecule has 0 N–H and O–H groups in total. The minimum Gasteiger partial charge on any atom is -0.321 e. The molecule has 0 aromatic carbocycles. The fourth-order valence-corrected chi connectivity index (χ4v) is 1.06. The van der Waals surface area contributed by atoms with Crippen molar-refractivity contribution in [2.24, 2.45) is 4.99 Å². The van der Waals surface area contributed by atoms with Gasteiger partial charge in [0, 0.05) is 18.3 Å². The summed E-state index contributed by atoms with van der Waals surface area (Å²) in [5, 5.41) is 8.82. The summed E-state index contributed by atoms with van der Waals surface area (Å²) >= 11 is 0. The Bertz CT molecular complexity index is 328. The summed E-state index contributed by atoms with van der Waals surface area (Å²) in [5.41, 5.74) is 2.43. The molecule has 3 nitrogen and oxygen atoms in total. The molecule has 1 aliphatic rings. The highest BCUT2D eigenvalue weighted by Gasteiger charge is 2.17. The van der Waals surface area contributed by atoms with Gasteiger partial charge in [0.05, 0.1) is 0 Å². The summed E-state index contributed by atoms with van der Waals surface area (Å²) in [5.74, 6) is 0.620. The van der Waals surface area contributed by atoms with Crippen LogP contribution < -0.4 is 0 Å². The molecule has 62 valence electrons. The van der Waals surface area contributed by atoms with Crippen LogP contribution in [0.25, 0.3) is 0 Å². The SMILES string of the molecule is C=C1N=C(C)C(C)=C(C#N)N1C. The van der Waals surface area contributed by atoms with Crippen molar-refractivity contribution >= 4 is 5.71 Å². The van der Waals surface area contributed by atoms with E-state index in [1.54, 1.807) is 11.9 Å². The predicted octanol–water partition coefficient (Wildman–Crippen LogP) is 1.66. The first kappa shape index (κ1) is 8.54. The fraction of sp³-hybridized carbons (Fsp3) is 0.333. The van der Waals surface area contributed by atoms with Crippen molar-refractivity contribution in [1.29, 1.82) is 5.26 Å². The minimum absolute atomic E-state index is 0.620. The van der Waals surface area contributed by atoms with Crippen LogP contribution in [0.3, 0.4) is 0 Å². The molecule has 0 fully saturated rings. The summed E-state index contributed by atoms with van der Waals surface area (Å²) in [6.45, 7) is 7.50. The molecule has 0 atom stereocenters. The highest BCUT2D eigenvalue weighted by atomic mass is 15.2. The van der Waals surface area contributed by atoms with Gasteiger partial charge in [0.2, 0.25) is 0 Å². The summed E-state index contributed by atoms with van der Waals surface area (Å²) < 4.78 is 0. The number of rotatable bonds is 0. The molecule has 1 aliphatic heterocycles. The van der Waals surface area contributed by atoms with Crippen molar-refractivity contribution in [3.05, 3.63) is 23.7 Å². The van der Waals surface area contributed by atoms with Crippen molar-refractivity contribution in [2.45, 2.75) is 13.8 Å². The monoisotopic (exact) mass is 161 g/mol. The van der Waals surface area contributed by atoms with E-state index in [1.807, 2.05) is 13.8 Å². The van der Waals surface area contributed by atoms with Crippen molar-refractivity contribution in [3.8, 4) is 6.07 Å². The van der Waals surface area contributed by atoms with Gasteiger partial charge in [-0.05, 0) is 13.8 Å². The normalized spacial score (nSPS) is 17.7. The molecule has 0 saturated heterocycles. The molecule has 0 bridgehead atoms. The van der Waals surface area contributed by atoms with Crippen molar-refractivity contribution in [1.82, 2.24) is 4.90 Å². The quantitative estimate of drug-likeness (QED) is 0.542. The largest absolute Gasteiger partial charge is 0.321 e. The van der Waals surface area contributed by atoms with Crippen LogP contribution in [-0.4, -0.2) is 17.7 Å². The van der Waals surface area contributed by atoms with Crippen LogP contribution in [0.4, 0.5) is 0 Å². The molecule has 1 rings (SSSR count). The van der Waals surface area contributed by atoms with E-state index in [1.165, 1.54) is 0 Å². The maximum atomic E-state index is 8.82. The fourth-order valence-electron chi connectivity index (χ4n) is 1.06. The smallest absolute Gasteiger partial charge is 0.126 e. The molecule has 0 aliphatic carbocycles. The number of hydrogen-bond acceptors (Lipinski definition) is 3. The molecule has 0 spiro atoms. The molecule has 12 heavy (non-hydrogen) atoms. The van der Waals surface area contributed by atoms with E-state index in [9.17, 15) is 0 Å². The van der Waals surface area contributed by atoms with Crippen LogP contribution in [0.15, 0.2) is 28.7 Å². The summed E-state index contributed by atoms with van der Waals surface area (Å²) in [6, 6.07) is 2.13. The summed E-state index contributed by atoms with van der Waals surface area (Å²) in [7, 11) is 1.79. The minimum atomic E-state index is 0.620. The van der Waals surface area contributed by atoms with E-state index in [4.69, 9.17) is 5.26 Å². The Balaban J connectivity index is 3.23. The number of aliphatic imine (C=N–C) groups is 1. The van der Waals surface area contributed by atoms with Gasteiger partial charge in [0.1, 0.15) is 17.6 Å². The molecule has 0 radical (unpaired) electrons. The maximum absolute atomic E-state index is 8.82. The van der Waals surface area contributed by atoms with Gasteiger partial charge in [-0.2, -0.15) is 5.26 Å². The van der Waals surface area contributed by atoms with Gasteiger partial charge in [-0.25, -0.2) is 4.99 Å². The van der Waals surface area contributed by atoms with Gasteiger partial charge in [0.15, 0.2) is 0 Å². The van der Waals surface area contributed by atoms with Crippen molar-refractivity contribution in [2.75, 3.05) is 7.05 Å². The van der Waals surface area contributed by atoms with E-state index in [0.717, 1.165) is 11.3 Å². The van der Waals surface area contributed by atoms with E-state index in [-0.39, 0.29) is 0 Å². The van der Waals surface area contributed by atoms with Crippen LogP contribution in [0.1, 0.15) is 13.8 Å². The van der Waals surface area contributed by atoms with Crippen LogP contribution >= 0.6 is 0 Å². The van der Waals surface area contributed by atoms with Gasteiger partial charge < -0.3 is 4.90 Å². The third-order valence-electron chi connectivity index (χ3n) is 2.02. The lowest BCUT2D eigenvalue weighted by Gasteiger charge is -2.24. The van der Waals surface area contributed by atoms with E-state index in [0.29, 0.717) is 11.5 Å². The lowest BCUT2D eigenvalue weighted by atomic mass is 10.1. The summed E-state index contributed by atoms with van der Waals surface area (Å²) in [4.78, 5) is 5.88. The number of allylic oxidation sites excluding steroid dienone is 2. The molecular weight excluding hydrogens is 150 g/mol. The molecule has 0 amide bonds. The van der Waals surface area contributed by atoms with E-state index in [2.05, 4.69) is 17.6 Å². The van der Waals surface area contributed by atoms with Gasteiger partial charge in [-0.3, -0.25) is 0 Å². The first-order valence-corrected chi connectivity index (χ1v) is 3.67. The molecular formula is C9H11N3. The highest BCUT2D eigenvalue weighted by molar-refractivity contribution is 6.00. The zero-order valence-corrected chi connectivity index (χ0v) is 7.55. The Morgan fingerprint density at radius 1 is 1.50 bits per heavy atom. The number of nitrogens with zero attached hydrogens (tertiary/aromatic N) is 3. The van der Waals surface area contributed by atoms with Gasteiger partial charge in [-0.1, -0.05) is 6.58 Å². The number of nitriles is 1. The zero-order valence-electron chi connectivity index (χ0n) is 7.55. The molecule has 1 heterocycles. The van der Waals surface area contributed by atoms with E-state index >= 15 is 0 Å². The van der Waals surface area contributed by atoms with Crippen molar-refractivity contribution in [3.63, 3.8) is 0 Å². The van der Waals surface area contributed by atoms with Crippen LogP contribution in [-0.2, 0) is 0 Å². The molecule has 3 heteroatoms. The Hall–Kier alpha value is -1.56. The lowest BCUT2D eigenvalue weighted by molar-refractivity contribution is 0.526. The molecule has 0 aromatic heterocycles. The van der Waals surface area contributed by atoms with Crippen LogP contribution in [0.5, 0.6) is 0 Å². The lowest BCUT2D eigenvalue weighted by Crippen LogP contribution is -2.22. The second-order valence-corrected chi connectivity index (χ2v) is 2.76. The Kier molecular flexibility index (Phi) is 2.01. The molecule has 0 unspecified atom stereocenters. The first-order valence-electron chi connectivity index (χ1n) is 3.67. The Morgan fingerprint density at radius 2 is 2.08 bits per heavy atom. The Labute approximate surface area is 72.3 Å². The van der Waals surface area contributed by atoms with Crippen LogP contribution in [0, 0.1) is 11.3 Å². The number of hydrogen-bond donors (Lipinski definition) is 0. The third-order valence-corrected chi connectivity index (χ3v) is 2.02. The van der Waals surface area contributed by atoms with Gasteiger partial charge in [-0.15, -0.1) is 0 Å². The van der Waals surface area contributed by atoms with Crippen LogP contribution in [0.2, 0.25) is 0 Å². The van der Waals surface area contributed by atoms with Gasteiger partial charge in [0.25, 0.3) is 0 Å². The third kappa shape index (κ3) is 1.12. The van der Waals surface area contributed by atoms with Crippen molar-refractivity contribution < 1.29 is 0 Å². The van der Waals surface area contributed by atoms with E-state index < -0.39 is 0 Å². The second-order valence-electron chi connectivity index (χ2n) is 2.76. The molecule has 0 saturated carbocycles. The predicted molar refractivity (Wildman–Crippen MR) is 48.3 cm³/mol. The topological polar surface area (TPSA) is 39.4 Å². The molecule has 0 aromatic rings. The zero-order chi connectivity index (χ0) is 9.30. The average Bonchev–Trinajstić information content (AvgIpc) is 2.02. The maximum Gasteiger partial charge on any atom is 0.126 e. The Morgan fingerprint density at radius 3 is 2.58 bits per heavy atom. The highest BCUT2D eigenvalue weighted by Crippen LogP contribution is 2.20. The van der Waals surface area contributed by atoms with Gasteiger partial charge >= 0.3 is 0 Å². The second kappa shape index (κ2) is 2.82. The first-order chi connectivity index (χ1) is 5.57. The standard InChI is InChI=1S/C9H11N3/c1-6-7(2)11-8(3)12(4)9(6)5-10/h3H2,1-2,4H3.